The van der Waals surface area contributed by atoms with E-state index in [1.54, 1.807) is 12.1 Å². The van der Waals surface area contributed by atoms with Crippen molar-refractivity contribution in [2.24, 2.45) is 0 Å². The predicted octanol–water partition coefficient (Wildman–Crippen LogP) is 2.42. The van der Waals surface area contributed by atoms with Crippen LogP contribution in [0.5, 0.6) is 0 Å². The molecule has 1 heterocycles. The molecular weight excluding hydrogens is 291 g/mol. The highest BCUT2D eigenvalue weighted by atomic mass is 79.9. The fourth-order valence-corrected chi connectivity index (χ4v) is 2.31. The summed E-state index contributed by atoms with van der Waals surface area (Å²) in [7, 11) is 1.33. The lowest BCUT2D eigenvalue weighted by molar-refractivity contribution is -0.149. The van der Waals surface area contributed by atoms with E-state index in [0.29, 0.717) is 18.8 Å². The van der Waals surface area contributed by atoms with E-state index in [1.807, 2.05) is 0 Å². The van der Waals surface area contributed by atoms with Gasteiger partial charge in [-0.2, -0.15) is 0 Å². The molecule has 1 aromatic carbocycles. The molecule has 0 radical (unpaired) electrons. The molecule has 17 heavy (non-hydrogen) atoms. The molecule has 0 amide bonds. The maximum absolute atomic E-state index is 13.8. The molecule has 1 fully saturated rings. The lowest BCUT2D eigenvalue weighted by atomic mass is 9.75. The number of halogens is 2. The van der Waals surface area contributed by atoms with Gasteiger partial charge < -0.3 is 9.47 Å². The molecule has 3 nitrogen and oxygen atoms in total. The molecule has 1 saturated heterocycles. The summed E-state index contributed by atoms with van der Waals surface area (Å²) < 4.78 is 24.4. The van der Waals surface area contributed by atoms with E-state index in [9.17, 15) is 9.18 Å². The number of carbonyl (C=O) groups is 1. The van der Waals surface area contributed by atoms with Crippen LogP contribution in [0, 0.1) is 5.82 Å². The van der Waals surface area contributed by atoms with Gasteiger partial charge in [0.25, 0.3) is 0 Å². The van der Waals surface area contributed by atoms with Crippen LogP contribution in [-0.2, 0) is 19.7 Å². The molecule has 0 saturated carbocycles. The highest BCUT2D eigenvalue weighted by Gasteiger charge is 2.44. The topological polar surface area (TPSA) is 35.5 Å². The molecule has 0 spiro atoms. The van der Waals surface area contributed by atoms with Crippen LogP contribution in [0.2, 0.25) is 0 Å². The van der Waals surface area contributed by atoms with E-state index in [1.165, 1.54) is 13.2 Å². The zero-order valence-electron chi connectivity index (χ0n) is 9.33. The Hall–Kier alpha value is -0.940. The second-order valence-corrected chi connectivity index (χ2v) is 5.07. The van der Waals surface area contributed by atoms with Gasteiger partial charge in [0.15, 0.2) is 0 Å². The summed E-state index contributed by atoms with van der Waals surface area (Å²) in [6.07, 6.45) is 0.136. The van der Waals surface area contributed by atoms with Crippen molar-refractivity contribution in [2.45, 2.75) is 11.8 Å². The number of esters is 1. The summed E-state index contributed by atoms with van der Waals surface area (Å²) in [5.74, 6) is -0.673. The fraction of sp³-hybridized carbons (Fsp3) is 0.417. The van der Waals surface area contributed by atoms with E-state index in [2.05, 4.69) is 20.7 Å². The van der Waals surface area contributed by atoms with Crippen molar-refractivity contribution < 1.29 is 18.7 Å². The lowest BCUT2D eigenvalue weighted by Gasteiger charge is -2.41. The molecule has 0 bridgehead atoms. The second kappa shape index (κ2) is 4.74. The number of methoxy groups -OCH3 is 1. The molecule has 0 atom stereocenters. The monoisotopic (exact) mass is 302 g/mol. The summed E-state index contributed by atoms with van der Waals surface area (Å²) in [6, 6.07) is 4.71. The highest BCUT2D eigenvalue weighted by Crippen LogP contribution is 2.38. The first kappa shape index (κ1) is 12.5. The van der Waals surface area contributed by atoms with Crippen LogP contribution >= 0.6 is 15.9 Å². The van der Waals surface area contributed by atoms with E-state index in [4.69, 9.17) is 4.74 Å². The van der Waals surface area contributed by atoms with Gasteiger partial charge in [-0.3, -0.25) is 4.79 Å². The van der Waals surface area contributed by atoms with Crippen molar-refractivity contribution >= 4 is 21.9 Å². The first-order chi connectivity index (χ1) is 8.07. The Morgan fingerprint density at radius 1 is 1.59 bits per heavy atom. The Bertz CT molecular complexity index is 443. The summed E-state index contributed by atoms with van der Waals surface area (Å²) in [5.41, 5.74) is -0.0791. The van der Waals surface area contributed by atoms with Crippen molar-refractivity contribution in [3.63, 3.8) is 0 Å². The van der Waals surface area contributed by atoms with Crippen LogP contribution in [0.4, 0.5) is 4.39 Å². The molecule has 92 valence electrons. The zero-order valence-corrected chi connectivity index (χ0v) is 10.9. The highest BCUT2D eigenvalue weighted by molar-refractivity contribution is 9.10. The third kappa shape index (κ3) is 2.35. The quantitative estimate of drug-likeness (QED) is 0.805. The zero-order chi connectivity index (χ0) is 12.5. The first-order valence-electron chi connectivity index (χ1n) is 5.17. The second-order valence-electron chi connectivity index (χ2n) is 4.15. The predicted molar refractivity (Wildman–Crippen MR) is 63.2 cm³/mol. The van der Waals surface area contributed by atoms with E-state index < -0.39 is 5.41 Å². The maximum atomic E-state index is 13.8. The van der Waals surface area contributed by atoms with Gasteiger partial charge in [0.2, 0.25) is 0 Å². The Labute approximate surface area is 107 Å². The molecule has 5 heteroatoms. The van der Waals surface area contributed by atoms with Crippen LogP contribution in [-0.4, -0.2) is 26.3 Å². The van der Waals surface area contributed by atoms with Crippen molar-refractivity contribution in [1.82, 2.24) is 0 Å². The molecule has 0 aromatic heterocycles. The Morgan fingerprint density at radius 2 is 2.29 bits per heavy atom. The molecule has 0 N–H and O–H groups in total. The minimum atomic E-state index is -0.582. The number of benzene rings is 1. The van der Waals surface area contributed by atoms with Gasteiger partial charge in [0.05, 0.1) is 32.2 Å². The molecular formula is C12H12BrFO3. The van der Waals surface area contributed by atoms with Crippen LogP contribution < -0.4 is 0 Å². The molecule has 1 aliphatic heterocycles. The summed E-state index contributed by atoms with van der Waals surface area (Å²) in [5, 5.41) is 0. The van der Waals surface area contributed by atoms with Crippen molar-refractivity contribution in [1.29, 1.82) is 0 Å². The van der Waals surface area contributed by atoms with Crippen molar-refractivity contribution in [2.75, 3.05) is 20.3 Å². The number of hydrogen-bond acceptors (Lipinski definition) is 3. The smallest absolute Gasteiger partial charge is 0.306 e. The van der Waals surface area contributed by atoms with E-state index in [0.717, 1.165) is 4.47 Å². The summed E-state index contributed by atoms with van der Waals surface area (Å²) >= 11 is 3.30. The third-order valence-electron chi connectivity index (χ3n) is 2.97. The Balaban J connectivity index is 2.34. The molecule has 1 aromatic rings. The minimum absolute atomic E-state index is 0.136. The average molecular weight is 303 g/mol. The van der Waals surface area contributed by atoms with Gasteiger partial charge in [0, 0.05) is 10.0 Å². The molecule has 0 aliphatic carbocycles. The SMILES string of the molecule is COC(=O)CC1(c2cc(Br)ccc2F)COC1. The molecule has 0 unspecified atom stereocenters. The van der Waals surface area contributed by atoms with Gasteiger partial charge in [-0.1, -0.05) is 15.9 Å². The van der Waals surface area contributed by atoms with Gasteiger partial charge in [0.1, 0.15) is 5.82 Å². The van der Waals surface area contributed by atoms with Crippen LogP contribution in [0.15, 0.2) is 22.7 Å². The number of hydrogen-bond donors (Lipinski definition) is 0. The van der Waals surface area contributed by atoms with Gasteiger partial charge in [-0.05, 0) is 18.2 Å². The normalized spacial score (nSPS) is 17.4. The Kier molecular flexibility index (Phi) is 3.49. The van der Waals surface area contributed by atoms with Gasteiger partial charge >= 0.3 is 5.97 Å². The van der Waals surface area contributed by atoms with Gasteiger partial charge in [-0.15, -0.1) is 0 Å². The standard InChI is InChI=1S/C12H12BrFO3/c1-16-11(15)5-12(6-17-7-12)9-4-8(13)2-3-10(9)14/h2-4H,5-7H2,1H3. The maximum Gasteiger partial charge on any atom is 0.306 e. The van der Waals surface area contributed by atoms with E-state index >= 15 is 0 Å². The van der Waals surface area contributed by atoms with Crippen LogP contribution in [0.3, 0.4) is 0 Å². The first-order valence-corrected chi connectivity index (χ1v) is 5.97. The average Bonchev–Trinajstić information content (AvgIpc) is 2.27. The van der Waals surface area contributed by atoms with Gasteiger partial charge in [-0.25, -0.2) is 4.39 Å². The number of ether oxygens (including phenoxy) is 2. The summed E-state index contributed by atoms with van der Waals surface area (Å²) in [6.45, 7) is 0.685. The lowest BCUT2D eigenvalue weighted by Crippen LogP contribution is -2.49. The number of carbonyl (C=O) groups excluding carboxylic acids is 1. The van der Waals surface area contributed by atoms with Crippen LogP contribution in [0.1, 0.15) is 12.0 Å². The third-order valence-corrected chi connectivity index (χ3v) is 3.46. The molecule has 2 rings (SSSR count). The minimum Gasteiger partial charge on any atom is -0.469 e. The summed E-state index contributed by atoms with van der Waals surface area (Å²) in [4.78, 5) is 11.4. The fourth-order valence-electron chi connectivity index (χ4n) is 1.95. The van der Waals surface area contributed by atoms with Crippen LogP contribution in [0.25, 0.3) is 0 Å². The molecule has 1 aliphatic rings. The van der Waals surface area contributed by atoms with Crippen molar-refractivity contribution in [3.05, 3.63) is 34.1 Å². The Morgan fingerprint density at radius 3 is 2.82 bits per heavy atom. The van der Waals surface area contributed by atoms with Crippen molar-refractivity contribution in [3.8, 4) is 0 Å². The van der Waals surface area contributed by atoms with E-state index in [-0.39, 0.29) is 18.2 Å². The number of rotatable bonds is 3. The largest absolute Gasteiger partial charge is 0.469 e.